The van der Waals surface area contributed by atoms with Crippen molar-refractivity contribution in [3.8, 4) is 11.5 Å². The van der Waals surface area contributed by atoms with Gasteiger partial charge in [-0.05, 0) is 49.1 Å². The van der Waals surface area contributed by atoms with Crippen molar-refractivity contribution >= 4 is 17.6 Å². The Morgan fingerprint density at radius 2 is 1.64 bits per heavy atom. The van der Waals surface area contributed by atoms with E-state index >= 15 is 0 Å². The van der Waals surface area contributed by atoms with Crippen LogP contribution in [0.5, 0.6) is 11.5 Å². The van der Waals surface area contributed by atoms with Crippen molar-refractivity contribution in [1.29, 1.82) is 0 Å². The highest BCUT2D eigenvalue weighted by Crippen LogP contribution is 2.29. The molecule has 1 atom stereocenters. The number of amides is 1. The van der Waals surface area contributed by atoms with Crippen LogP contribution in [-0.2, 0) is 9.53 Å². The molecule has 0 heterocycles. The van der Waals surface area contributed by atoms with Gasteiger partial charge in [0, 0.05) is 5.69 Å². The van der Waals surface area contributed by atoms with Crippen LogP contribution in [0.1, 0.15) is 48.2 Å². The second-order valence-corrected chi connectivity index (χ2v) is 6.80. The maximum Gasteiger partial charge on any atom is 0.339 e. The summed E-state index contributed by atoms with van der Waals surface area (Å²) in [6.07, 6.45) is -0.958. The molecule has 2 aromatic carbocycles. The molecule has 0 spiro atoms. The van der Waals surface area contributed by atoms with Crippen LogP contribution in [0.2, 0.25) is 0 Å². The lowest BCUT2D eigenvalue weighted by Crippen LogP contribution is -2.30. The molecule has 28 heavy (non-hydrogen) atoms. The van der Waals surface area contributed by atoms with E-state index < -0.39 is 12.1 Å². The largest absolute Gasteiger partial charge is 0.493 e. The fourth-order valence-electron chi connectivity index (χ4n) is 2.81. The fraction of sp³-hybridized carbons (Fsp3) is 0.364. The number of carbonyl (C=O) groups is 2. The highest BCUT2D eigenvalue weighted by Gasteiger charge is 2.22. The lowest BCUT2D eigenvalue weighted by atomic mass is 9.98. The standard InChI is InChI=1S/C22H27NO5/c1-13(2)17-9-7-8-14(3)20(17)23-21(24)15(4)28-22(25)16-10-11-18(26-5)19(12-16)27-6/h7-13,15H,1-6H3,(H,23,24)/t15-/m0/s1. The second-order valence-electron chi connectivity index (χ2n) is 6.80. The third-order valence-corrected chi connectivity index (χ3v) is 4.45. The first kappa shape index (κ1) is 21.3. The van der Waals surface area contributed by atoms with Gasteiger partial charge < -0.3 is 19.5 Å². The van der Waals surface area contributed by atoms with Gasteiger partial charge in [-0.3, -0.25) is 4.79 Å². The average Bonchev–Trinajstić information content (AvgIpc) is 2.68. The van der Waals surface area contributed by atoms with Crippen molar-refractivity contribution < 1.29 is 23.8 Å². The number of methoxy groups -OCH3 is 2. The Balaban J connectivity index is 2.12. The number of anilines is 1. The zero-order chi connectivity index (χ0) is 20.8. The van der Waals surface area contributed by atoms with Gasteiger partial charge >= 0.3 is 5.97 Å². The molecule has 0 aliphatic heterocycles. The number of benzene rings is 2. The molecule has 6 heteroatoms. The highest BCUT2D eigenvalue weighted by atomic mass is 16.5. The third kappa shape index (κ3) is 4.82. The lowest BCUT2D eigenvalue weighted by molar-refractivity contribution is -0.123. The quantitative estimate of drug-likeness (QED) is 0.719. The Bertz CT molecular complexity index is 860. The van der Waals surface area contributed by atoms with Crippen molar-refractivity contribution in [1.82, 2.24) is 0 Å². The van der Waals surface area contributed by atoms with Crippen molar-refractivity contribution in [3.63, 3.8) is 0 Å². The van der Waals surface area contributed by atoms with E-state index in [2.05, 4.69) is 19.2 Å². The van der Waals surface area contributed by atoms with Crippen LogP contribution in [0.4, 0.5) is 5.69 Å². The van der Waals surface area contributed by atoms with Gasteiger partial charge in [-0.2, -0.15) is 0 Å². The SMILES string of the molecule is COc1ccc(C(=O)O[C@@H](C)C(=O)Nc2c(C)cccc2C(C)C)cc1OC. The van der Waals surface area contributed by atoms with Gasteiger partial charge in [-0.25, -0.2) is 4.79 Å². The molecule has 2 rings (SSSR count). The van der Waals surface area contributed by atoms with Crippen LogP contribution < -0.4 is 14.8 Å². The molecule has 0 aromatic heterocycles. The fourth-order valence-corrected chi connectivity index (χ4v) is 2.81. The normalized spacial score (nSPS) is 11.7. The number of para-hydroxylation sites is 1. The van der Waals surface area contributed by atoms with Crippen LogP contribution in [0.15, 0.2) is 36.4 Å². The van der Waals surface area contributed by atoms with Gasteiger partial charge in [0.1, 0.15) is 0 Å². The molecule has 1 amide bonds. The summed E-state index contributed by atoms with van der Waals surface area (Å²) in [6.45, 7) is 7.60. The van der Waals surface area contributed by atoms with E-state index in [9.17, 15) is 9.59 Å². The molecule has 0 aliphatic rings. The predicted octanol–water partition coefficient (Wildman–Crippen LogP) is 4.32. The van der Waals surface area contributed by atoms with E-state index in [0.717, 1.165) is 16.8 Å². The van der Waals surface area contributed by atoms with Crippen LogP contribution in [0.25, 0.3) is 0 Å². The lowest BCUT2D eigenvalue weighted by Gasteiger charge is -2.19. The summed E-state index contributed by atoms with van der Waals surface area (Å²) in [5, 5.41) is 2.90. The molecule has 0 aliphatic carbocycles. The number of carbonyl (C=O) groups excluding carboxylic acids is 2. The van der Waals surface area contributed by atoms with E-state index in [1.807, 2.05) is 25.1 Å². The van der Waals surface area contributed by atoms with Gasteiger partial charge in [-0.1, -0.05) is 32.0 Å². The molecular formula is C22H27NO5. The minimum absolute atomic E-state index is 0.250. The van der Waals surface area contributed by atoms with Crippen LogP contribution >= 0.6 is 0 Å². The Morgan fingerprint density at radius 3 is 2.25 bits per heavy atom. The van der Waals surface area contributed by atoms with Crippen LogP contribution in [0, 0.1) is 6.92 Å². The van der Waals surface area contributed by atoms with Gasteiger partial charge in [0.15, 0.2) is 17.6 Å². The number of nitrogens with one attached hydrogen (secondary N) is 1. The Kier molecular flexibility index (Phi) is 7.04. The Morgan fingerprint density at radius 1 is 0.964 bits per heavy atom. The van der Waals surface area contributed by atoms with E-state index in [-0.39, 0.29) is 17.4 Å². The van der Waals surface area contributed by atoms with E-state index in [1.165, 1.54) is 20.3 Å². The molecule has 0 bridgehead atoms. The molecule has 6 nitrogen and oxygen atoms in total. The Labute approximate surface area is 165 Å². The number of rotatable bonds is 7. The molecule has 1 N–H and O–H groups in total. The molecule has 2 aromatic rings. The smallest absolute Gasteiger partial charge is 0.339 e. The van der Waals surface area contributed by atoms with Crippen molar-refractivity contribution in [3.05, 3.63) is 53.1 Å². The molecule has 0 unspecified atom stereocenters. The number of hydrogen-bond acceptors (Lipinski definition) is 5. The molecule has 0 fully saturated rings. The van der Waals surface area contributed by atoms with Gasteiger partial charge in [-0.15, -0.1) is 0 Å². The summed E-state index contributed by atoms with van der Waals surface area (Å²) in [5.41, 5.74) is 3.03. The maximum absolute atomic E-state index is 12.6. The second kappa shape index (κ2) is 9.26. The number of hydrogen-bond donors (Lipinski definition) is 1. The zero-order valence-corrected chi connectivity index (χ0v) is 17.2. The van der Waals surface area contributed by atoms with Crippen molar-refractivity contribution in [2.24, 2.45) is 0 Å². The zero-order valence-electron chi connectivity index (χ0n) is 17.2. The average molecular weight is 385 g/mol. The molecule has 0 radical (unpaired) electrons. The monoisotopic (exact) mass is 385 g/mol. The summed E-state index contributed by atoms with van der Waals surface area (Å²) in [4.78, 5) is 25.0. The third-order valence-electron chi connectivity index (χ3n) is 4.45. The molecule has 150 valence electrons. The topological polar surface area (TPSA) is 73.9 Å². The maximum atomic E-state index is 12.6. The van der Waals surface area contributed by atoms with Crippen molar-refractivity contribution in [2.45, 2.75) is 39.7 Å². The first-order valence-electron chi connectivity index (χ1n) is 9.11. The van der Waals surface area contributed by atoms with Gasteiger partial charge in [0.05, 0.1) is 19.8 Å². The van der Waals surface area contributed by atoms with E-state index in [0.29, 0.717) is 11.5 Å². The molecule has 0 saturated heterocycles. The van der Waals surface area contributed by atoms with Crippen LogP contribution in [0.3, 0.4) is 0 Å². The molecular weight excluding hydrogens is 358 g/mol. The van der Waals surface area contributed by atoms with Gasteiger partial charge in [0.25, 0.3) is 5.91 Å². The van der Waals surface area contributed by atoms with Gasteiger partial charge in [0.2, 0.25) is 0 Å². The van der Waals surface area contributed by atoms with E-state index in [1.54, 1.807) is 19.1 Å². The first-order chi connectivity index (χ1) is 13.3. The summed E-state index contributed by atoms with van der Waals surface area (Å²) in [5.74, 6) is 0.170. The minimum Gasteiger partial charge on any atom is -0.493 e. The summed E-state index contributed by atoms with van der Waals surface area (Å²) in [7, 11) is 3.00. The summed E-state index contributed by atoms with van der Waals surface area (Å²) in [6, 6.07) is 10.6. The summed E-state index contributed by atoms with van der Waals surface area (Å²) >= 11 is 0. The highest BCUT2D eigenvalue weighted by molar-refractivity contribution is 5.98. The number of esters is 1. The number of aryl methyl sites for hydroxylation is 1. The Hall–Kier alpha value is -3.02. The van der Waals surface area contributed by atoms with Crippen LogP contribution in [-0.4, -0.2) is 32.2 Å². The van der Waals surface area contributed by atoms with Crippen molar-refractivity contribution in [2.75, 3.05) is 19.5 Å². The minimum atomic E-state index is -0.958. The molecule has 0 saturated carbocycles. The first-order valence-corrected chi connectivity index (χ1v) is 9.11. The predicted molar refractivity (Wildman–Crippen MR) is 108 cm³/mol. The summed E-state index contributed by atoms with van der Waals surface area (Å²) < 4.78 is 15.7. The van der Waals surface area contributed by atoms with E-state index in [4.69, 9.17) is 14.2 Å². The number of ether oxygens (including phenoxy) is 3.